The summed E-state index contributed by atoms with van der Waals surface area (Å²) in [6.07, 6.45) is -19.6. The molecule has 0 aromatic rings. The molecule has 0 aromatic carbocycles. The highest BCUT2D eigenvalue weighted by atomic mass is 32.3. The van der Waals surface area contributed by atoms with Gasteiger partial charge in [-0.05, 0) is 0 Å². The molecular weight excluding hydrogens is 660 g/mol. The average molecular weight is 680 g/mol. The minimum Gasteiger partial charge on any atom is -0.341 e. The summed E-state index contributed by atoms with van der Waals surface area (Å²) in [5.74, 6) is 0. The third kappa shape index (κ3) is 11.6. The maximum Gasteiger partial charge on any atom is 0.397 e. The number of hydrogen-bond acceptors (Lipinski definition) is 24. The molecule has 30 heteroatoms. The van der Waals surface area contributed by atoms with E-state index in [0.29, 0.717) is 0 Å². The summed E-state index contributed by atoms with van der Waals surface area (Å²) in [7, 11) is -16.4. The van der Waals surface area contributed by atoms with Crippen molar-refractivity contribution in [1.82, 2.24) is 0 Å². The van der Waals surface area contributed by atoms with Gasteiger partial charge in [0.2, 0.25) is 0 Å². The molecule has 7 N–H and O–H groups in total. The molecule has 41 heavy (non-hydrogen) atoms. The molecule has 2 rings (SSSR count). The van der Waals surface area contributed by atoms with Crippen molar-refractivity contribution in [2.75, 3.05) is 13.2 Å². The van der Waals surface area contributed by atoms with E-state index in [9.17, 15) is 25.3 Å². The molecular formula is C11H20O27S3. The van der Waals surface area contributed by atoms with Crippen LogP contribution in [0.25, 0.3) is 0 Å². The van der Waals surface area contributed by atoms with Gasteiger partial charge in [0.1, 0.15) is 24.9 Å². The van der Waals surface area contributed by atoms with E-state index in [1.807, 2.05) is 0 Å². The van der Waals surface area contributed by atoms with E-state index in [1.54, 1.807) is 0 Å². The molecule has 0 spiro atoms. The maximum atomic E-state index is 11.5. The van der Waals surface area contributed by atoms with Gasteiger partial charge in [0.15, 0.2) is 37.0 Å². The molecule has 2 saturated heterocycles. The lowest BCUT2D eigenvalue weighted by Crippen LogP contribution is -2.62. The summed E-state index contributed by atoms with van der Waals surface area (Å²) in [5.41, 5.74) is 0. The first-order valence-corrected chi connectivity index (χ1v) is 13.9. The Labute approximate surface area is 226 Å². The number of ether oxygens (including phenoxy) is 3. The van der Waals surface area contributed by atoms with Crippen molar-refractivity contribution < 1.29 is 126 Å². The van der Waals surface area contributed by atoms with E-state index in [0.717, 1.165) is 0 Å². The van der Waals surface area contributed by atoms with Gasteiger partial charge >= 0.3 is 31.2 Å². The van der Waals surface area contributed by atoms with Crippen molar-refractivity contribution in [3.63, 3.8) is 0 Å². The third-order valence-electron chi connectivity index (χ3n) is 4.72. The predicted octanol–water partition coefficient (Wildman–Crippen LogP) is -3.56. The normalized spacial score (nSPS) is 33.3. The monoisotopic (exact) mass is 680 g/mol. The SMILES string of the molecule is O=S(=O)(O)OC[C@H]1O[C@@H](O[C@@H]2OC(COOO)[C@@H](OOO)[C@H](OOO)C2OOO)[C@H](OS(=O)(=O)O)[C@H]1OS(=O)(=O)O. The van der Waals surface area contributed by atoms with Crippen LogP contribution in [0.1, 0.15) is 0 Å². The molecule has 2 unspecified atom stereocenters. The summed E-state index contributed by atoms with van der Waals surface area (Å²) >= 11 is 0. The first-order valence-electron chi connectivity index (χ1n) is 9.76. The summed E-state index contributed by atoms with van der Waals surface area (Å²) < 4.78 is 123. The maximum absolute atomic E-state index is 11.5. The van der Waals surface area contributed by atoms with Gasteiger partial charge in [0, 0.05) is 0 Å². The van der Waals surface area contributed by atoms with Crippen molar-refractivity contribution in [3.05, 3.63) is 0 Å². The summed E-state index contributed by atoms with van der Waals surface area (Å²) in [6, 6.07) is 0. The Hall–Kier alpha value is -0.990. The zero-order valence-corrected chi connectivity index (χ0v) is 21.6. The van der Waals surface area contributed by atoms with Gasteiger partial charge in [0.05, 0.1) is 6.61 Å². The fourth-order valence-corrected chi connectivity index (χ4v) is 4.72. The van der Waals surface area contributed by atoms with Crippen LogP contribution >= 0.6 is 0 Å². The molecule has 27 nitrogen and oxygen atoms in total. The molecule has 0 saturated carbocycles. The van der Waals surface area contributed by atoms with Gasteiger partial charge in [0.25, 0.3) is 0 Å². The second-order valence-corrected chi connectivity index (χ2v) is 10.4. The largest absolute Gasteiger partial charge is 0.397 e. The first-order chi connectivity index (χ1) is 19.0. The lowest BCUT2D eigenvalue weighted by Gasteiger charge is -2.42. The van der Waals surface area contributed by atoms with Gasteiger partial charge < -0.3 is 14.2 Å². The van der Waals surface area contributed by atoms with Gasteiger partial charge in [-0.1, -0.05) is 20.2 Å². The van der Waals surface area contributed by atoms with Crippen LogP contribution in [0.2, 0.25) is 0 Å². The van der Waals surface area contributed by atoms with Crippen molar-refractivity contribution >= 4 is 31.2 Å². The van der Waals surface area contributed by atoms with E-state index in [-0.39, 0.29) is 0 Å². The van der Waals surface area contributed by atoms with Gasteiger partial charge in [-0.15, -0.1) is 0 Å². The van der Waals surface area contributed by atoms with E-state index in [2.05, 4.69) is 52.3 Å². The highest BCUT2D eigenvalue weighted by molar-refractivity contribution is 7.81. The van der Waals surface area contributed by atoms with Crippen LogP contribution in [0, 0.1) is 0 Å². The second-order valence-electron chi connectivity index (χ2n) is 7.18. The van der Waals surface area contributed by atoms with Crippen LogP contribution in [-0.4, -0.2) is 128 Å². The third-order valence-corrected chi connectivity index (χ3v) is 6.09. The quantitative estimate of drug-likeness (QED) is 0.0418. The Morgan fingerprint density at radius 1 is 0.537 bits per heavy atom. The molecule has 0 bridgehead atoms. The Balaban J connectivity index is 2.50. The Kier molecular flexibility index (Phi) is 13.8. The molecule has 2 heterocycles. The zero-order valence-electron chi connectivity index (χ0n) is 19.1. The van der Waals surface area contributed by atoms with Crippen LogP contribution in [0.15, 0.2) is 0 Å². The highest BCUT2D eigenvalue weighted by Gasteiger charge is 2.57. The van der Waals surface area contributed by atoms with Crippen LogP contribution in [0.4, 0.5) is 0 Å². The van der Waals surface area contributed by atoms with E-state index < -0.39 is 99.7 Å². The number of hydrogen-bond donors (Lipinski definition) is 7. The molecule has 2 fully saturated rings. The Bertz CT molecular complexity index is 1110. The molecule has 2 aliphatic rings. The van der Waals surface area contributed by atoms with E-state index >= 15 is 0 Å². The van der Waals surface area contributed by atoms with Gasteiger partial charge in [-0.2, -0.15) is 39.9 Å². The minimum atomic E-state index is -5.59. The summed E-state index contributed by atoms with van der Waals surface area (Å²) in [5, 5.41) is 48.5. The molecule has 0 radical (unpaired) electrons. The van der Waals surface area contributed by atoms with Crippen molar-refractivity contribution in [3.8, 4) is 0 Å². The molecule has 0 aliphatic carbocycles. The standard InChI is InChI=1S/C11H20O27S3/c12-35-25-1-3-5(30-36-13)7(31-37-14)8(32-38-15)10(27-3)29-11-9(34-41(22,23)24)6(33-40(19,20)21)4(28-11)2-26-39(16,17)18/h3-15H,1-2H2,(H,16,17,18)(H,19,20,21)(H,22,23,24)/t3?,4-,5-,6+,7+,8?,9-,10+,11+/m1/s1. The van der Waals surface area contributed by atoms with Crippen molar-refractivity contribution in [2.45, 2.75) is 55.3 Å². The fraction of sp³-hybridized carbons (Fsp3) is 1.00. The Morgan fingerprint density at radius 2 is 1.00 bits per heavy atom. The fourth-order valence-electron chi connectivity index (χ4n) is 3.42. The lowest BCUT2D eigenvalue weighted by atomic mass is 9.99. The van der Waals surface area contributed by atoms with Gasteiger partial charge in [-0.3, -0.25) is 13.7 Å². The van der Waals surface area contributed by atoms with Crippen LogP contribution in [0.3, 0.4) is 0 Å². The number of rotatable bonds is 18. The molecule has 9 atom stereocenters. The minimum absolute atomic E-state index is 0.918. The molecule has 0 aromatic heterocycles. The zero-order chi connectivity index (χ0) is 31.0. The highest BCUT2D eigenvalue weighted by Crippen LogP contribution is 2.35. The lowest BCUT2D eigenvalue weighted by molar-refractivity contribution is -0.595. The van der Waals surface area contributed by atoms with Crippen molar-refractivity contribution in [1.29, 1.82) is 0 Å². The molecule has 0 amide bonds. The topological polar surface area (TPSA) is 373 Å². The molecule has 244 valence electrons. The van der Waals surface area contributed by atoms with Gasteiger partial charge in [-0.25, -0.2) is 38.5 Å². The predicted molar refractivity (Wildman–Crippen MR) is 104 cm³/mol. The van der Waals surface area contributed by atoms with E-state index in [4.69, 9.17) is 48.9 Å². The van der Waals surface area contributed by atoms with E-state index in [1.165, 1.54) is 0 Å². The van der Waals surface area contributed by atoms with Crippen molar-refractivity contribution in [2.24, 2.45) is 0 Å². The van der Waals surface area contributed by atoms with Crippen LogP contribution in [-0.2, 0) is 97.7 Å². The first kappa shape index (κ1) is 36.2. The van der Waals surface area contributed by atoms with Crippen LogP contribution < -0.4 is 0 Å². The summed E-state index contributed by atoms with van der Waals surface area (Å²) in [4.78, 5) is 17.6. The molecule has 2 aliphatic heterocycles. The second kappa shape index (κ2) is 15.7. The summed E-state index contributed by atoms with van der Waals surface area (Å²) in [6.45, 7) is -2.30. The average Bonchev–Trinajstić information content (AvgIpc) is 3.12. The Morgan fingerprint density at radius 3 is 1.49 bits per heavy atom. The smallest absolute Gasteiger partial charge is 0.341 e. The van der Waals surface area contributed by atoms with Crippen LogP contribution in [0.5, 0.6) is 0 Å².